The number of hydrogen-bond acceptors (Lipinski definition) is 2. The highest BCUT2D eigenvalue weighted by Gasteiger charge is 2.18. The normalized spacial score (nSPS) is 14.3. The summed E-state index contributed by atoms with van der Waals surface area (Å²) in [6.07, 6.45) is 4.33. The van der Waals surface area contributed by atoms with Crippen LogP contribution in [-0.4, -0.2) is 17.9 Å². The Hall–Kier alpha value is -2.04. The van der Waals surface area contributed by atoms with Crippen LogP contribution in [-0.2, 0) is 0 Å². The Balaban J connectivity index is 1.70. The molecule has 6 heteroatoms. The summed E-state index contributed by atoms with van der Waals surface area (Å²) in [4.78, 5) is 24.8. The first-order chi connectivity index (χ1) is 12.0. The van der Waals surface area contributed by atoms with Gasteiger partial charge in [-0.1, -0.05) is 42.1 Å². The van der Waals surface area contributed by atoms with Crippen molar-refractivity contribution in [3.63, 3.8) is 0 Å². The quantitative estimate of drug-likeness (QED) is 0.795. The molecule has 0 aliphatic heterocycles. The average molecular weight is 377 g/mol. The van der Waals surface area contributed by atoms with Crippen LogP contribution in [0.15, 0.2) is 42.5 Å². The van der Waals surface area contributed by atoms with E-state index in [1.807, 2.05) is 0 Å². The summed E-state index contributed by atoms with van der Waals surface area (Å²) >= 11 is 11.8. The van der Waals surface area contributed by atoms with Crippen molar-refractivity contribution in [1.82, 2.24) is 5.32 Å². The molecule has 1 fully saturated rings. The van der Waals surface area contributed by atoms with Crippen LogP contribution in [0.1, 0.15) is 46.4 Å². The van der Waals surface area contributed by atoms with Gasteiger partial charge in [0.1, 0.15) is 0 Å². The summed E-state index contributed by atoms with van der Waals surface area (Å²) < 4.78 is 0. The van der Waals surface area contributed by atoms with E-state index < -0.39 is 0 Å². The number of benzene rings is 2. The Morgan fingerprint density at radius 2 is 1.56 bits per heavy atom. The fourth-order valence-corrected chi connectivity index (χ4v) is 3.22. The maximum atomic E-state index is 12.4. The van der Waals surface area contributed by atoms with Crippen LogP contribution < -0.4 is 10.6 Å². The number of hydrogen-bond donors (Lipinski definition) is 2. The molecule has 0 unspecified atom stereocenters. The molecule has 0 heterocycles. The zero-order valence-electron chi connectivity index (χ0n) is 13.5. The number of rotatable bonds is 4. The molecule has 2 N–H and O–H groups in total. The fourth-order valence-electron chi connectivity index (χ4n) is 2.92. The molecule has 1 saturated carbocycles. The molecule has 0 atom stereocenters. The number of halogens is 2. The van der Waals surface area contributed by atoms with E-state index in [-0.39, 0.29) is 17.9 Å². The van der Waals surface area contributed by atoms with Crippen molar-refractivity contribution < 1.29 is 9.59 Å². The van der Waals surface area contributed by atoms with E-state index in [2.05, 4.69) is 10.6 Å². The Kier molecular flexibility index (Phi) is 5.61. The molecule has 0 bridgehead atoms. The second-order valence-corrected chi connectivity index (χ2v) is 6.93. The van der Waals surface area contributed by atoms with Crippen molar-refractivity contribution in [2.24, 2.45) is 0 Å². The summed E-state index contributed by atoms with van der Waals surface area (Å²) in [5, 5.41) is 6.56. The van der Waals surface area contributed by atoms with Crippen LogP contribution in [0.4, 0.5) is 5.69 Å². The molecule has 2 aromatic carbocycles. The van der Waals surface area contributed by atoms with E-state index in [9.17, 15) is 9.59 Å². The molecule has 2 amide bonds. The van der Waals surface area contributed by atoms with Gasteiger partial charge in [0.2, 0.25) is 0 Å². The van der Waals surface area contributed by atoms with Gasteiger partial charge >= 0.3 is 0 Å². The number of amides is 2. The van der Waals surface area contributed by atoms with Gasteiger partial charge in [0, 0.05) is 22.9 Å². The third kappa shape index (κ3) is 4.53. The molecule has 3 rings (SSSR count). The fraction of sp³-hybridized carbons (Fsp3) is 0.263. The van der Waals surface area contributed by atoms with Crippen LogP contribution in [0.2, 0.25) is 10.0 Å². The maximum Gasteiger partial charge on any atom is 0.255 e. The van der Waals surface area contributed by atoms with Gasteiger partial charge in [-0.05, 0) is 49.2 Å². The summed E-state index contributed by atoms with van der Waals surface area (Å²) in [6, 6.07) is 11.8. The van der Waals surface area contributed by atoms with Gasteiger partial charge in [-0.3, -0.25) is 9.59 Å². The van der Waals surface area contributed by atoms with E-state index in [4.69, 9.17) is 23.2 Å². The van der Waals surface area contributed by atoms with Crippen LogP contribution in [0.25, 0.3) is 0 Å². The molecule has 130 valence electrons. The predicted molar refractivity (Wildman–Crippen MR) is 101 cm³/mol. The molecule has 0 aromatic heterocycles. The van der Waals surface area contributed by atoms with Crippen molar-refractivity contribution >= 4 is 40.7 Å². The van der Waals surface area contributed by atoms with Crippen molar-refractivity contribution in [3.8, 4) is 0 Å². The topological polar surface area (TPSA) is 58.2 Å². The highest BCUT2D eigenvalue weighted by atomic mass is 35.5. The molecule has 0 radical (unpaired) electrons. The number of anilines is 1. The number of nitrogens with one attached hydrogen (secondary N) is 2. The molecule has 4 nitrogen and oxygen atoms in total. The monoisotopic (exact) mass is 376 g/mol. The summed E-state index contributed by atoms with van der Waals surface area (Å²) in [5.41, 5.74) is 1.43. The standard InChI is InChI=1S/C19H18Cl2N2O2/c20-16-9-8-15(11-17(16)21)23-19(25)13-5-3-4-12(10-13)18(24)22-14-6-1-2-7-14/h3-5,8-11,14H,1-2,6-7H2,(H,22,24)(H,23,25). The third-order valence-electron chi connectivity index (χ3n) is 4.25. The van der Waals surface area contributed by atoms with Crippen molar-refractivity contribution in [1.29, 1.82) is 0 Å². The lowest BCUT2D eigenvalue weighted by atomic mass is 10.1. The van der Waals surface area contributed by atoms with Crippen LogP contribution >= 0.6 is 23.2 Å². The molecule has 25 heavy (non-hydrogen) atoms. The van der Waals surface area contributed by atoms with Crippen LogP contribution in [0.3, 0.4) is 0 Å². The first-order valence-corrected chi connectivity index (χ1v) is 8.96. The zero-order chi connectivity index (χ0) is 17.8. The molecule has 2 aromatic rings. The first-order valence-electron chi connectivity index (χ1n) is 8.20. The predicted octanol–water partition coefficient (Wildman–Crippen LogP) is 4.92. The first kappa shape index (κ1) is 17.8. The van der Waals surface area contributed by atoms with Gasteiger partial charge in [0.25, 0.3) is 11.8 Å². The molecule has 1 aliphatic carbocycles. The third-order valence-corrected chi connectivity index (χ3v) is 4.99. The lowest BCUT2D eigenvalue weighted by Crippen LogP contribution is -2.32. The summed E-state index contributed by atoms with van der Waals surface area (Å²) in [5.74, 6) is -0.454. The average Bonchev–Trinajstić information content (AvgIpc) is 3.11. The lowest BCUT2D eigenvalue weighted by Gasteiger charge is -2.12. The summed E-state index contributed by atoms with van der Waals surface area (Å²) in [6.45, 7) is 0. The van der Waals surface area contributed by atoms with Crippen LogP contribution in [0, 0.1) is 0 Å². The van der Waals surface area contributed by atoms with Crippen molar-refractivity contribution in [3.05, 3.63) is 63.6 Å². The molecule has 0 spiro atoms. The zero-order valence-corrected chi connectivity index (χ0v) is 15.0. The van der Waals surface area contributed by atoms with Crippen LogP contribution in [0.5, 0.6) is 0 Å². The second kappa shape index (κ2) is 7.89. The SMILES string of the molecule is O=C(Nc1ccc(Cl)c(Cl)c1)c1cccc(C(=O)NC2CCCC2)c1. The van der Waals surface area contributed by atoms with Gasteiger partial charge in [-0.15, -0.1) is 0 Å². The Morgan fingerprint density at radius 3 is 2.24 bits per heavy atom. The molecular weight excluding hydrogens is 359 g/mol. The molecular formula is C19H18Cl2N2O2. The Bertz CT molecular complexity index is 802. The van der Waals surface area contributed by atoms with Gasteiger partial charge in [0.05, 0.1) is 10.0 Å². The number of carbonyl (C=O) groups excluding carboxylic acids is 2. The van der Waals surface area contributed by atoms with E-state index in [1.54, 1.807) is 42.5 Å². The van der Waals surface area contributed by atoms with Gasteiger partial charge < -0.3 is 10.6 Å². The Labute approximate surface area is 156 Å². The van der Waals surface area contributed by atoms with E-state index >= 15 is 0 Å². The minimum Gasteiger partial charge on any atom is -0.349 e. The van der Waals surface area contributed by atoms with Gasteiger partial charge in [0.15, 0.2) is 0 Å². The van der Waals surface area contributed by atoms with Gasteiger partial charge in [-0.2, -0.15) is 0 Å². The van der Waals surface area contributed by atoms with E-state index in [1.165, 1.54) is 0 Å². The smallest absolute Gasteiger partial charge is 0.255 e. The van der Waals surface area contributed by atoms with E-state index in [0.29, 0.717) is 26.9 Å². The van der Waals surface area contributed by atoms with Crippen molar-refractivity contribution in [2.75, 3.05) is 5.32 Å². The second-order valence-electron chi connectivity index (χ2n) is 6.12. The van der Waals surface area contributed by atoms with Gasteiger partial charge in [-0.25, -0.2) is 0 Å². The molecule has 0 saturated heterocycles. The van der Waals surface area contributed by atoms with E-state index in [0.717, 1.165) is 25.7 Å². The molecule has 1 aliphatic rings. The number of carbonyl (C=O) groups is 2. The lowest BCUT2D eigenvalue weighted by molar-refractivity contribution is 0.0938. The highest BCUT2D eigenvalue weighted by molar-refractivity contribution is 6.42. The minimum atomic E-state index is -0.311. The summed E-state index contributed by atoms with van der Waals surface area (Å²) in [7, 11) is 0. The Morgan fingerprint density at radius 1 is 0.880 bits per heavy atom. The minimum absolute atomic E-state index is 0.143. The maximum absolute atomic E-state index is 12.4. The highest BCUT2D eigenvalue weighted by Crippen LogP contribution is 2.25. The largest absolute Gasteiger partial charge is 0.349 e. The van der Waals surface area contributed by atoms with Crippen molar-refractivity contribution in [2.45, 2.75) is 31.7 Å².